The number of carboxylic acid groups (broad SMARTS) is 1. The van der Waals surface area contributed by atoms with Gasteiger partial charge in [0.1, 0.15) is 0 Å². The molecule has 0 aliphatic carbocycles. The van der Waals surface area contributed by atoms with Gasteiger partial charge in [0.2, 0.25) is 0 Å². The maximum Gasteiger partial charge on any atom is 0.337 e. The molecule has 1 unspecified atom stereocenters. The average Bonchev–Trinajstić information content (AvgIpc) is 2.34. The second-order valence-electron chi connectivity index (χ2n) is 3.80. The van der Waals surface area contributed by atoms with Gasteiger partial charge in [-0.3, -0.25) is 0 Å². The first-order valence-electron chi connectivity index (χ1n) is 5.35. The molecule has 0 amide bonds. The maximum absolute atomic E-state index is 12.7. The summed E-state index contributed by atoms with van der Waals surface area (Å²) in [4.78, 5) is 10.7. The van der Waals surface area contributed by atoms with Gasteiger partial charge in [0.15, 0.2) is 6.10 Å². The SMILES string of the molecule is O=C(O)C(O)c1cc(CCCCl)ccc1C(F)F. The van der Waals surface area contributed by atoms with Crippen LogP contribution in [0.4, 0.5) is 8.78 Å². The molecule has 6 heteroatoms. The van der Waals surface area contributed by atoms with Crippen molar-refractivity contribution in [2.45, 2.75) is 25.4 Å². The van der Waals surface area contributed by atoms with Gasteiger partial charge in [-0.25, -0.2) is 13.6 Å². The number of carboxylic acids is 1. The number of benzene rings is 1. The first kappa shape index (κ1) is 14.9. The molecule has 0 fully saturated rings. The van der Waals surface area contributed by atoms with Gasteiger partial charge < -0.3 is 10.2 Å². The van der Waals surface area contributed by atoms with Gasteiger partial charge in [-0.2, -0.15) is 0 Å². The van der Waals surface area contributed by atoms with E-state index in [1.807, 2.05) is 0 Å². The highest BCUT2D eigenvalue weighted by molar-refractivity contribution is 6.17. The Morgan fingerprint density at radius 2 is 2.00 bits per heavy atom. The molecular formula is C12H13ClF2O3. The third-order valence-electron chi connectivity index (χ3n) is 2.51. The number of alkyl halides is 3. The minimum atomic E-state index is -2.82. The lowest BCUT2D eigenvalue weighted by atomic mass is 9.97. The zero-order valence-corrected chi connectivity index (χ0v) is 10.2. The topological polar surface area (TPSA) is 57.5 Å². The summed E-state index contributed by atoms with van der Waals surface area (Å²) in [5, 5.41) is 18.1. The Hall–Kier alpha value is -1.20. The van der Waals surface area contributed by atoms with Crippen LogP contribution in [0.1, 0.15) is 35.6 Å². The van der Waals surface area contributed by atoms with Gasteiger partial charge in [0, 0.05) is 17.0 Å². The van der Waals surface area contributed by atoms with E-state index >= 15 is 0 Å². The van der Waals surface area contributed by atoms with Gasteiger partial charge in [0.25, 0.3) is 6.43 Å². The predicted octanol–water partition coefficient (Wildman–Crippen LogP) is 2.91. The van der Waals surface area contributed by atoms with E-state index < -0.39 is 24.1 Å². The monoisotopic (exact) mass is 278 g/mol. The summed E-state index contributed by atoms with van der Waals surface area (Å²) in [6.07, 6.45) is -3.56. The molecule has 0 bridgehead atoms. The number of aliphatic hydroxyl groups excluding tert-OH is 1. The second-order valence-corrected chi connectivity index (χ2v) is 4.18. The summed E-state index contributed by atoms with van der Waals surface area (Å²) in [6, 6.07) is 3.94. The van der Waals surface area contributed by atoms with Gasteiger partial charge in [-0.1, -0.05) is 18.2 Å². The van der Waals surface area contributed by atoms with Crippen molar-refractivity contribution >= 4 is 17.6 Å². The quantitative estimate of drug-likeness (QED) is 0.787. The molecule has 0 aliphatic heterocycles. The Kier molecular flexibility index (Phi) is 5.50. The van der Waals surface area contributed by atoms with E-state index in [2.05, 4.69) is 0 Å². The van der Waals surface area contributed by atoms with Crippen molar-refractivity contribution in [3.05, 3.63) is 34.9 Å². The largest absolute Gasteiger partial charge is 0.479 e. The Morgan fingerprint density at radius 3 is 2.50 bits per heavy atom. The fraction of sp³-hybridized carbons (Fsp3) is 0.417. The van der Waals surface area contributed by atoms with Gasteiger partial charge in [-0.15, -0.1) is 11.6 Å². The molecule has 0 saturated heterocycles. The Bertz CT molecular complexity index is 424. The second kappa shape index (κ2) is 6.66. The predicted molar refractivity (Wildman–Crippen MR) is 63.0 cm³/mol. The van der Waals surface area contributed by atoms with Crippen molar-refractivity contribution in [2.75, 3.05) is 5.88 Å². The summed E-state index contributed by atoms with van der Waals surface area (Å²) < 4.78 is 25.4. The molecule has 1 atom stereocenters. The van der Waals surface area contributed by atoms with E-state index in [1.54, 1.807) is 0 Å². The number of hydrogen-bond acceptors (Lipinski definition) is 2. The summed E-state index contributed by atoms with van der Waals surface area (Å²) in [5.74, 6) is -1.13. The molecule has 18 heavy (non-hydrogen) atoms. The molecule has 0 saturated carbocycles. The van der Waals surface area contributed by atoms with Crippen LogP contribution in [0.15, 0.2) is 18.2 Å². The van der Waals surface area contributed by atoms with Crippen LogP contribution >= 0.6 is 11.6 Å². The lowest BCUT2D eigenvalue weighted by Crippen LogP contribution is -2.13. The van der Waals surface area contributed by atoms with Crippen LogP contribution in [-0.4, -0.2) is 22.1 Å². The average molecular weight is 279 g/mol. The first-order valence-corrected chi connectivity index (χ1v) is 5.88. The van der Waals surface area contributed by atoms with Crippen molar-refractivity contribution < 1.29 is 23.8 Å². The van der Waals surface area contributed by atoms with E-state index in [1.165, 1.54) is 12.1 Å². The van der Waals surface area contributed by atoms with Crippen molar-refractivity contribution in [3.8, 4) is 0 Å². The molecule has 0 aliphatic rings. The molecule has 1 aromatic carbocycles. The maximum atomic E-state index is 12.7. The number of aliphatic carboxylic acids is 1. The fourth-order valence-electron chi connectivity index (χ4n) is 1.62. The molecule has 3 nitrogen and oxygen atoms in total. The number of rotatable bonds is 6. The Morgan fingerprint density at radius 1 is 1.33 bits per heavy atom. The van der Waals surface area contributed by atoms with Gasteiger partial charge in [0.05, 0.1) is 0 Å². The molecule has 1 rings (SSSR count). The minimum Gasteiger partial charge on any atom is -0.479 e. The van der Waals surface area contributed by atoms with Crippen molar-refractivity contribution in [1.29, 1.82) is 0 Å². The van der Waals surface area contributed by atoms with E-state index in [4.69, 9.17) is 16.7 Å². The summed E-state index contributed by atoms with van der Waals surface area (Å²) in [5.41, 5.74) is -0.0422. The molecule has 0 aromatic heterocycles. The standard InChI is InChI=1S/C12H13ClF2O3/c13-5-1-2-7-3-4-8(11(14)15)9(6-7)10(16)12(17)18/h3-4,6,10-11,16H,1-2,5H2,(H,17,18). The van der Waals surface area contributed by atoms with Crippen LogP contribution in [-0.2, 0) is 11.2 Å². The third-order valence-corrected chi connectivity index (χ3v) is 2.78. The molecule has 100 valence electrons. The Labute approximate surface area is 108 Å². The number of carbonyl (C=O) groups is 1. The molecule has 0 spiro atoms. The lowest BCUT2D eigenvalue weighted by Gasteiger charge is -2.13. The number of aliphatic hydroxyl groups is 1. The van der Waals surface area contributed by atoms with Crippen LogP contribution in [0.3, 0.4) is 0 Å². The van der Waals surface area contributed by atoms with Crippen molar-refractivity contribution in [3.63, 3.8) is 0 Å². The highest BCUT2D eigenvalue weighted by Gasteiger charge is 2.23. The zero-order chi connectivity index (χ0) is 13.7. The summed E-state index contributed by atoms with van der Waals surface area (Å²) >= 11 is 5.52. The highest BCUT2D eigenvalue weighted by Crippen LogP contribution is 2.29. The van der Waals surface area contributed by atoms with Gasteiger partial charge in [-0.05, 0) is 18.4 Å². The molecule has 0 heterocycles. The van der Waals surface area contributed by atoms with E-state index in [9.17, 15) is 18.7 Å². The summed E-state index contributed by atoms with van der Waals surface area (Å²) in [7, 11) is 0. The minimum absolute atomic E-state index is 0.260. The number of aryl methyl sites for hydroxylation is 1. The van der Waals surface area contributed by atoms with Crippen molar-refractivity contribution in [2.24, 2.45) is 0 Å². The highest BCUT2D eigenvalue weighted by atomic mass is 35.5. The van der Waals surface area contributed by atoms with Crippen LogP contribution in [0, 0.1) is 0 Å². The van der Waals surface area contributed by atoms with Gasteiger partial charge >= 0.3 is 5.97 Å². The smallest absolute Gasteiger partial charge is 0.337 e. The molecule has 2 N–H and O–H groups in total. The fourth-order valence-corrected chi connectivity index (χ4v) is 1.75. The molecule has 0 radical (unpaired) electrons. The third kappa shape index (κ3) is 3.65. The van der Waals surface area contributed by atoms with Crippen LogP contribution < -0.4 is 0 Å². The zero-order valence-electron chi connectivity index (χ0n) is 9.44. The lowest BCUT2D eigenvalue weighted by molar-refractivity contribution is -0.147. The normalized spacial score (nSPS) is 12.7. The molecular weight excluding hydrogens is 266 g/mol. The Balaban J connectivity index is 3.11. The summed E-state index contributed by atoms with van der Waals surface area (Å²) in [6.45, 7) is 0. The first-order chi connectivity index (χ1) is 8.47. The van der Waals surface area contributed by atoms with Crippen LogP contribution in [0.25, 0.3) is 0 Å². The van der Waals surface area contributed by atoms with Crippen molar-refractivity contribution in [1.82, 2.24) is 0 Å². The van der Waals surface area contributed by atoms with Crippen LogP contribution in [0.2, 0.25) is 0 Å². The van der Waals surface area contributed by atoms with E-state index in [0.29, 0.717) is 24.3 Å². The number of hydrogen-bond donors (Lipinski definition) is 2. The number of halogens is 3. The molecule has 1 aromatic rings. The van der Waals surface area contributed by atoms with E-state index in [-0.39, 0.29) is 5.56 Å². The van der Waals surface area contributed by atoms with E-state index in [0.717, 1.165) is 6.07 Å². The van der Waals surface area contributed by atoms with Crippen LogP contribution in [0.5, 0.6) is 0 Å².